The molecule has 2 aromatic heterocycles. The standard InChI is InChI=1S/C25H32N4O4/c1-14(13-30-4)29-24-18-11-22(31-5)19(23-15(2)28-33-16(23)3)10-20(18)26-12-21(24)27-25(29)17-6-8-32-9-7-17/h10-12,14,17,25,27H,6-9,13H2,1-5H3. The minimum absolute atomic E-state index is 0.176. The zero-order valence-corrected chi connectivity index (χ0v) is 20.0. The number of rotatable bonds is 6. The number of anilines is 2. The molecule has 4 heterocycles. The predicted molar refractivity (Wildman–Crippen MR) is 128 cm³/mol. The lowest BCUT2D eigenvalue weighted by atomic mass is 9.95. The van der Waals surface area contributed by atoms with Gasteiger partial charge in [-0.1, -0.05) is 5.16 Å². The van der Waals surface area contributed by atoms with Crippen molar-refractivity contribution in [1.29, 1.82) is 0 Å². The molecule has 33 heavy (non-hydrogen) atoms. The number of hydrogen-bond donors (Lipinski definition) is 1. The topological polar surface area (TPSA) is 81.9 Å². The van der Waals surface area contributed by atoms with Crippen molar-refractivity contribution in [2.45, 2.75) is 45.8 Å². The van der Waals surface area contributed by atoms with E-state index in [-0.39, 0.29) is 12.2 Å². The molecule has 2 unspecified atom stereocenters. The van der Waals surface area contributed by atoms with Crippen molar-refractivity contribution < 1.29 is 18.7 Å². The molecule has 2 aliphatic rings. The number of nitrogens with one attached hydrogen (secondary N) is 1. The van der Waals surface area contributed by atoms with E-state index in [0.717, 1.165) is 76.7 Å². The summed E-state index contributed by atoms with van der Waals surface area (Å²) in [7, 11) is 3.46. The van der Waals surface area contributed by atoms with E-state index in [0.29, 0.717) is 12.5 Å². The summed E-state index contributed by atoms with van der Waals surface area (Å²) in [5.41, 5.74) is 5.85. The third-order valence-corrected chi connectivity index (χ3v) is 6.92. The zero-order valence-electron chi connectivity index (χ0n) is 20.0. The van der Waals surface area contributed by atoms with Crippen LogP contribution < -0.4 is 15.0 Å². The first kappa shape index (κ1) is 22.0. The van der Waals surface area contributed by atoms with E-state index in [1.165, 1.54) is 0 Å². The Hall–Kier alpha value is -2.84. The molecule has 1 N–H and O–H groups in total. The van der Waals surface area contributed by atoms with Crippen LogP contribution in [0.3, 0.4) is 0 Å². The molecule has 0 bridgehead atoms. The van der Waals surface area contributed by atoms with Crippen molar-refractivity contribution in [1.82, 2.24) is 10.1 Å². The van der Waals surface area contributed by atoms with E-state index in [2.05, 4.69) is 34.4 Å². The Kier molecular flexibility index (Phi) is 5.88. The van der Waals surface area contributed by atoms with Gasteiger partial charge in [0, 0.05) is 37.2 Å². The van der Waals surface area contributed by atoms with Crippen molar-refractivity contribution in [2.24, 2.45) is 5.92 Å². The van der Waals surface area contributed by atoms with Crippen molar-refractivity contribution in [3.05, 3.63) is 29.8 Å². The molecule has 0 saturated carbocycles. The summed E-state index contributed by atoms with van der Waals surface area (Å²) < 4.78 is 22.5. The second kappa shape index (κ2) is 8.83. The van der Waals surface area contributed by atoms with E-state index < -0.39 is 0 Å². The Morgan fingerprint density at radius 1 is 1.21 bits per heavy atom. The smallest absolute Gasteiger partial charge is 0.141 e. The van der Waals surface area contributed by atoms with Crippen LogP contribution in [-0.2, 0) is 9.47 Å². The van der Waals surface area contributed by atoms with Crippen LogP contribution in [0.25, 0.3) is 22.0 Å². The van der Waals surface area contributed by atoms with Gasteiger partial charge in [-0.05, 0) is 45.7 Å². The van der Waals surface area contributed by atoms with Crippen molar-refractivity contribution in [3.63, 3.8) is 0 Å². The van der Waals surface area contributed by atoms with E-state index in [1.54, 1.807) is 14.2 Å². The van der Waals surface area contributed by atoms with Gasteiger partial charge in [0.25, 0.3) is 0 Å². The number of benzene rings is 1. The van der Waals surface area contributed by atoms with Gasteiger partial charge in [0.15, 0.2) is 0 Å². The summed E-state index contributed by atoms with van der Waals surface area (Å²) in [4.78, 5) is 7.31. The highest BCUT2D eigenvalue weighted by Crippen LogP contribution is 2.47. The number of aryl methyl sites for hydroxylation is 2. The highest BCUT2D eigenvalue weighted by Gasteiger charge is 2.39. The fourth-order valence-corrected chi connectivity index (χ4v) is 5.38. The molecule has 8 nitrogen and oxygen atoms in total. The normalized spacial score (nSPS) is 19.5. The van der Waals surface area contributed by atoms with Crippen LogP contribution >= 0.6 is 0 Å². The minimum atomic E-state index is 0.176. The zero-order chi connectivity index (χ0) is 23.1. The summed E-state index contributed by atoms with van der Waals surface area (Å²) in [6, 6.07) is 4.38. The van der Waals surface area contributed by atoms with Gasteiger partial charge in [0.1, 0.15) is 17.7 Å². The molecule has 0 amide bonds. The largest absolute Gasteiger partial charge is 0.496 e. The van der Waals surface area contributed by atoms with Gasteiger partial charge < -0.3 is 29.0 Å². The summed E-state index contributed by atoms with van der Waals surface area (Å²) in [6.07, 6.45) is 4.20. The molecule has 2 atom stereocenters. The van der Waals surface area contributed by atoms with Gasteiger partial charge in [-0.15, -0.1) is 0 Å². The molecular formula is C25H32N4O4. The van der Waals surface area contributed by atoms with Gasteiger partial charge in [-0.2, -0.15) is 0 Å². The molecule has 1 saturated heterocycles. The molecule has 1 aromatic carbocycles. The van der Waals surface area contributed by atoms with Crippen LogP contribution in [0.2, 0.25) is 0 Å². The maximum atomic E-state index is 5.86. The summed E-state index contributed by atoms with van der Waals surface area (Å²) in [5, 5.41) is 8.96. The lowest BCUT2D eigenvalue weighted by Crippen LogP contribution is -2.49. The van der Waals surface area contributed by atoms with Gasteiger partial charge in [0.05, 0.1) is 54.1 Å². The van der Waals surface area contributed by atoms with Crippen LogP contribution in [0.15, 0.2) is 22.9 Å². The lowest BCUT2D eigenvalue weighted by molar-refractivity contribution is 0.0590. The first-order valence-corrected chi connectivity index (χ1v) is 11.6. The lowest BCUT2D eigenvalue weighted by Gasteiger charge is -2.38. The van der Waals surface area contributed by atoms with Crippen molar-refractivity contribution in [2.75, 3.05) is 44.3 Å². The number of pyridine rings is 1. The average Bonchev–Trinajstić information content (AvgIpc) is 3.38. The molecule has 1 fully saturated rings. The maximum absolute atomic E-state index is 5.86. The molecule has 5 rings (SSSR count). The van der Waals surface area contributed by atoms with E-state index in [1.807, 2.05) is 20.0 Å². The van der Waals surface area contributed by atoms with Crippen molar-refractivity contribution in [3.8, 4) is 16.9 Å². The third-order valence-electron chi connectivity index (χ3n) is 6.92. The molecule has 0 radical (unpaired) electrons. The second-order valence-corrected chi connectivity index (χ2v) is 9.04. The van der Waals surface area contributed by atoms with E-state index >= 15 is 0 Å². The molecule has 0 aliphatic carbocycles. The third kappa shape index (κ3) is 3.71. The Balaban J connectivity index is 1.66. The summed E-state index contributed by atoms with van der Waals surface area (Å²) in [6.45, 7) is 8.33. The molecular weight excluding hydrogens is 420 g/mol. The molecule has 176 valence electrons. The number of aromatic nitrogens is 2. The van der Waals surface area contributed by atoms with Gasteiger partial charge in [-0.3, -0.25) is 4.98 Å². The molecule has 0 spiro atoms. The Morgan fingerprint density at radius 2 is 2.00 bits per heavy atom. The SMILES string of the molecule is COCC(C)N1c2c(cnc3cc(-c4c(C)noc4C)c(OC)cc23)NC1C1CCOCC1. The number of fused-ring (bicyclic) bond motifs is 3. The number of ether oxygens (including phenoxy) is 3. The number of methoxy groups -OCH3 is 2. The molecule has 3 aromatic rings. The van der Waals surface area contributed by atoms with Gasteiger partial charge >= 0.3 is 0 Å². The highest BCUT2D eigenvalue weighted by molar-refractivity contribution is 6.03. The first-order valence-electron chi connectivity index (χ1n) is 11.6. The molecule has 8 heteroatoms. The van der Waals surface area contributed by atoms with Crippen molar-refractivity contribution >= 4 is 22.3 Å². The number of nitrogens with zero attached hydrogens (tertiary/aromatic N) is 3. The van der Waals surface area contributed by atoms with Crippen LogP contribution in [-0.4, -0.2) is 56.4 Å². The van der Waals surface area contributed by atoms with Gasteiger partial charge in [0.2, 0.25) is 0 Å². The quantitative estimate of drug-likeness (QED) is 0.584. The van der Waals surface area contributed by atoms with Crippen LogP contribution in [0.5, 0.6) is 5.75 Å². The Labute approximate surface area is 194 Å². The number of hydrogen-bond acceptors (Lipinski definition) is 8. The van der Waals surface area contributed by atoms with Crippen LogP contribution in [0.4, 0.5) is 11.4 Å². The maximum Gasteiger partial charge on any atom is 0.141 e. The monoisotopic (exact) mass is 452 g/mol. The minimum Gasteiger partial charge on any atom is -0.496 e. The fraction of sp³-hybridized carbons (Fsp3) is 0.520. The van der Waals surface area contributed by atoms with E-state index in [4.69, 9.17) is 23.7 Å². The summed E-state index contributed by atoms with van der Waals surface area (Å²) in [5.74, 6) is 2.04. The van der Waals surface area contributed by atoms with Crippen LogP contribution in [0.1, 0.15) is 31.2 Å². The van der Waals surface area contributed by atoms with E-state index in [9.17, 15) is 0 Å². The Bertz CT molecular complexity index is 1140. The second-order valence-electron chi connectivity index (χ2n) is 9.04. The fourth-order valence-electron chi connectivity index (χ4n) is 5.38. The summed E-state index contributed by atoms with van der Waals surface area (Å²) >= 11 is 0. The average molecular weight is 453 g/mol. The Morgan fingerprint density at radius 3 is 2.67 bits per heavy atom. The first-order chi connectivity index (χ1) is 16.0. The predicted octanol–water partition coefficient (Wildman–Crippen LogP) is 4.53. The molecule has 2 aliphatic heterocycles. The highest BCUT2D eigenvalue weighted by atomic mass is 16.5. The van der Waals surface area contributed by atoms with Crippen LogP contribution in [0, 0.1) is 19.8 Å². The van der Waals surface area contributed by atoms with Gasteiger partial charge in [-0.25, -0.2) is 0 Å².